The van der Waals surface area contributed by atoms with E-state index >= 15 is 0 Å². The monoisotopic (exact) mass is 332 g/mol. The molecule has 0 spiro atoms. The van der Waals surface area contributed by atoms with Crippen LogP contribution in [0.15, 0.2) is 28.7 Å². The minimum atomic E-state index is 0.595. The van der Waals surface area contributed by atoms with Crippen LogP contribution in [0.3, 0.4) is 0 Å². The van der Waals surface area contributed by atoms with Gasteiger partial charge >= 0.3 is 0 Å². The SMILES string of the molecule is Brc1ccccc1CC1COCCC1Br. The number of hydrogen-bond acceptors (Lipinski definition) is 1. The van der Waals surface area contributed by atoms with Crippen molar-refractivity contribution in [3.8, 4) is 0 Å². The molecule has 0 N–H and O–H groups in total. The number of ether oxygens (including phenoxy) is 1. The van der Waals surface area contributed by atoms with Gasteiger partial charge in [0.1, 0.15) is 0 Å². The molecule has 0 saturated carbocycles. The maximum Gasteiger partial charge on any atom is 0.0508 e. The second-order valence-corrected chi connectivity index (χ2v) is 5.97. The van der Waals surface area contributed by atoms with Gasteiger partial charge in [0.25, 0.3) is 0 Å². The topological polar surface area (TPSA) is 9.23 Å². The Kier molecular flexibility index (Phi) is 4.23. The molecule has 82 valence electrons. The molecule has 1 aromatic rings. The van der Waals surface area contributed by atoms with Crippen LogP contribution in [0.1, 0.15) is 12.0 Å². The van der Waals surface area contributed by atoms with Crippen molar-refractivity contribution in [1.29, 1.82) is 0 Å². The molecule has 1 aromatic carbocycles. The normalized spacial score (nSPS) is 26.5. The van der Waals surface area contributed by atoms with E-state index in [4.69, 9.17) is 4.74 Å². The third kappa shape index (κ3) is 3.05. The minimum Gasteiger partial charge on any atom is -0.381 e. The fourth-order valence-corrected chi connectivity index (χ4v) is 2.88. The minimum absolute atomic E-state index is 0.595. The molecule has 3 heteroatoms. The summed E-state index contributed by atoms with van der Waals surface area (Å²) in [6.45, 7) is 1.76. The lowest BCUT2D eigenvalue weighted by atomic mass is 9.94. The third-order valence-corrected chi connectivity index (χ3v) is 4.80. The summed E-state index contributed by atoms with van der Waals surface area (Å²) in [6, 6.07) is 8.42. The Morgan fingerprint density at radius 3 is 2.87 bits per heavy atom. The molecule has 1 aliphatic rings. The van der Waals surface area contributed by atoms with Crippen LogP contribution < -0.4 is 0 Å². The fraction of sp³-hybridized carbons (Fsp3) is 0.500. The average molecular weight is 334 g/mol. The second-order valence-electron chi connectivity index (χ2n) is 3.94. The van der Waals surface area contributed by atoms with Crippen molar-refractivity contribution in [3.05, 3.63) is 34.3 Å². The fourth-order valence-electron chi connectivity index (χ4n) is 1.90. The molecule has 2 rings (SSSR count). The molecule has 1 saturated heterocycles. The van der Waals surface area contributed by atoms with Crippen LogP contribution in [-0.4, -0.2) is 18.0 Å². The molecule has 0 bridgehead atoms. The zero-order valence-corrected chi connectivity index (χ0v) is 11.6. The zero-order chi connectivity index (χ0) is 10.7. The molecule has 0 aliphatic carbocycles. The van der Waals surface area contributed by atoms with Crippen molar-refractivity contribution < 1.29 is 4.74 Å². The van der Waals surface area contributed by atoms with Crippen LogP contribution in [0.4, 0.5) is 0 Å². The van der Waals surface area contributed by atoms with Crippen molar-refractivity contribution in [2.24, 2.45) is 5.92 Å². The van der Waals surface area contributed by atoms with Crippen LogP contribution in [0.2, 0.25) is 0 Å². The number of rotatable bonds is 2. The summed E-state index contributed by atoms with van der Waals surface area (Å²) < 4.78 is 6.72. The summed E-state index contributed by atoms with van der Waals surface area (Å²) in [6.07, 6.45) is 2.20. The third-order valence-electron chi connectivity index (χ3n) is 2.82. The molecule has 1 fully saturated rings. The largest absolute Gasteiger partial charge is 0.381 e. The molecule has 1 nitrogen and oxygen atoms in total. The predicted octanol–water partition coefficient (Wildman–Crippen LogP) is 3.79. The molecule has 15 heavy (non-hydrogen) atoms. The Hall–Kier alpha value is 0.140. The summed E-state index contributed by atoms with van der Waals surface area (Å²) in [5.74, 6) is 0.595. The van der Waals surface area contributed by atoms with E-state index in [0.717, 1.165) is 26.1 Å². The first-order valence-corrected chi connectivity index (χ1v) is 6.93. The Morgan fingerprint density at radius 2 is 2.13 bits per heavy atom. The van der Waals surface area contributed by atoms with Crippen LogP contribution in [0.5, 0.6) is 0 Å². The molecule has 1 aliphatic heterocycles. The van der Waals surface area contributed by atoms with Crippen LogP contribution in [0.25, 0.3) is 0 Å². The maximum atomic E-state index is 5.52. The van der Waals surface area contributed by atoms with E-state index in [0.29, 0.717) is 10.7 Å². The number of benzene rings is 1. The van der Waals surface area contributed by atoms with Gasteiger partial charge in [0.15, 0.2) is 0 Å². The highest BCUT2D eigenvalue weighted by molar-refractivity contribution is 9.10. The number of halogens is 2. The van der Waals surface area contributed by atoms with Crippen molar-refractivity contribution >= 4 is 31.9 Å². The summed E-state index contributed by atoms with van der Waals surface area (Å²) in [7, 11) is 0. The standard InChI is InChI=1S/C12H14Br2O/c13-11-4-2-1-3-9(11)7-10-8-15-6-5-12(10)14/h1-4,10,12H,5-8H2. The predicted molar refractivity (Wildman–Crippen MR) is 69.5 cm³/mol. The zero-order valence-electron chi connectivity index (χ0n) is 8.46. The Morgan fingerprint density at radius 1 is 1.33 bits per heavy atom. The van der Waals surface area contributed by atoms with E-state index in [1.165, 1.54) is 10.0 Å². The molecular formula is C12H14Br2O. The van der Waals surface area contributed by atoms with Crippen molar-refractivity contribution in [2.45, 2.75) is 17.7 Å². The number of hydrogen-bond donors (Lipinski definition) is 0. The molecule has 2 unspecified atom stereocenters. The van der Waals surface area contributed by atoms with E-state index < -0.39 is 0 Å². The highest BCUT2D eigenvalue weighted by atomic mass is 79.9. The van der Waals surface area contributed by atoms with E-state index in [1.54, 1.807) is 0 Å². The molecular weight excluding hydrogens is 320 g/mol. The lowest BCUT2D eigenvalue weighted by Gasteiger charge is -2.27. The average Bonchev–Trinajstić information content (AvgIpc) is 2.24. The lowest BCUT2D eigenvalue weighted by molar-refractivity contribution is 0.0605. The van der Waals surface area contributed by atoms with Gasteiger partial charge in [-0.15, -0.1) is 0 Å². The van der Waals surface area contributed by atoms with Gasteiger partial charge in [-0.2, -0.15) is 0 Å². The highest BCUT2D eigenvalue weighted by Gasteiger charge is 2.23. The molecule has 0 amide bonds. The summed E-state index contributed by atoms with van der Waals surface area (Å²) in [4.78, 5) is 0.596. The van der Waals surface area contributed by atoms with Gasteiger partial charge in [-0.05, 0) is 30.4 Å². The van der Waals surface area contributed by atoms with Gasteiger partial charge in [-0.3, -0.25) is 0 Å². The van der Waals surface area contributed by atoms with Gasteiger partial charge in [0.05, 0.1) is 6.61 Å². The summed E-state index contributed by atoms with van der Waals surface area (Å²) in [5, 5.41) is 0. The second kappa shape index (κ2) is 5.46. The van der Waals surface area contributed by atoms with Gasteiger partial charge < -0.3 is 4.74 Å². The highest BCUT2D eigenvalue weighted by Crippen LogP contribution is 2.28. The van der Waals surface area contributed by atoms with Gasteiger partial charge in [-0.1, -0.05) is 50.1 Å². The quantitative estimate of drug-likeness (QED) is 0.748. The Balaban J connectivity index is 2.04. The maximum absolute atomic E-state index is 5.52. The van der Waals surface area contributed by atoms with Crippen LogP contribution in [-0.2, 0) is 11.2 Å². The molecule has 1 heterocycles. The van der Waals surface area contributed by atoms with Crippen molar-refractivity contribution in [2.75, 3.05) is 13.2 Å². The molecule has 2 atom stereocenters. The van der Waals surface area contributed by atoms with E-state index in [2.05, 4.69) is 56.1 Å². The Labute approximate surface area is 107 Å². The van der Waals surface area contributed by atoms with Gasteiger partial charge in [0.2, 0.25) is 0 Å². The van der Waals surface area contributed by atoms with E-state index in [1.807, 2.05) is 0 Å². The molecule has 0 aromatic heterocycles. The van der Waals surface area contributed by atoms with Gasteiger partial charge in [0, 0.05) is 15.9 Å². The van der Waals surface area contributed by atoms with E-state index in [9.17, 15) is 0 Å². The number of alkyl halides is 1. The van der Waals surface area contributed by atoms with E-state index in [-0.39, 0.29) is 0 Å². The summed E-state index contributed by atoms with van der Waals surface area (Å²) in [5.41, 5.74) is 1.37. The first-order chi connectivity index (χ1) is 7.27. The Bertz CT molecular complexity index is 327. The van der Waals surface area contributed by atoms with Crippen LogP contribution >= 0.6 is 31.9 Å². The first kappa shape index (κ1) is 11.6. The van der Waals surface area contributed by atoms with Gasteiger partial charge in [-0.25, -0.2) is 0 Å². The van der Waals surface area contributed by atoms with Crippen molar-refractivity contribution in [3.63, 3.8) is 0 Å². The first-order valence-electron chi connectivity index (χ1n) is 5.22. The smallest absolute Gasteiger partial charge is 0.0508 e. The summed E-state index contributed by atoms with van der Waals surface area (Å²) >= 11 is 7.33. The molecule has 0 radical (unpaired) electrons. The van der Waals surface area contributed by atoms with Crippen molar-refractivity contribution in [1.82, 2.24) is 0 Å². The van der Waals surface area contributed by atoms with Crippen LogP contribution in [0, 0.1) is 5.92 Å². The lowest BCUT2D eigenvalue weighted by Crippen LogP contribution is -2.29.